The first kappa shape index (κ1) is 21.6. The maximum atomic E-state index is 13.2. The van der Waals surface area contributed by atoms with E-state index in [2.05, 4.69) is 10.4 Å². The molecule has 8 nitrogen and oxygen atoms in total. The van der Waals surface area contributed by atoms with Gasteiger partial charge in [0.05, 0.1) is 32.6 Å². The summed E-state index contributed by atoms with van der Waals surface area (Å²) in [4.78, 5) is 12.0. The lowest BCUT2D eigenvalue weighted by atomic mass is 10.1. The lowest BCUT2D eigenvalue weighted by molar-refractivity contribution is 0.138. The van der Waals surface area contributed by atoms with E-state index in [4.69, 9.17) is 18.9 Å². The Hall–Kier alpha value is -3.59. The summed E-state index contributed by atoms with van der Waals surface area (Å²) in [6, 6.07) is 13.1. The summed E-state index contributed by atoms with van der Waals surface area (Å²) in [6.45, 7) is 1.68. The molecule has 9 heteroatoms. The largest absolute Gasteiger partial charge is 0.493 e. The van der Waals surface area contributed by atoms with E-state index in [0.29, 0.717) is 36.9 Å². The van der Waals surface area contributed by atoms with Crippen molar-refractivity contribution >= 4 is 11.8 Å². The van der Waals surface area contributed by atoms with Gasteiger partial charge in [-0.15, -0.1) is 0 Å². The minimum absolute atomic E-state index is 0.00550. The van der Waals surface area contributed by atoms with Gasteiger partial charge < -0.3 is 18.9 Å². The third kappa shape index (κ3) is 5.36. The minimum Gasteiger partial charge on any atom is -0.493 e. The van der Waals surface area contributed by atoms with Crippen LogP contribution in [0.2, 0.25) is 0 Å². The third-order valence-corrected chi connectivity index (χ3v) is 4.96. The summed E-state index contributed by atoms with van der Waals surface area (Å²) in [5.74, 6) is 0.843. The highest BCUT2D eigenvalue weighted by atomic mass is 19.1. The molecule has 2 heterocycles. The zero-order valence-corrected chi connectivity index (χ0v) is 17.6. The lowest BCUT2D eigenvalue weighted by Crippen LogP contribution is -2.18. The highest BCUT2D eigenvalue weighted by Gasteiger charge is 2.20. The van der Waals surface area contributed by atoms with E-state index < -0.39 is 11.9 Å². The van der Waals surface area contributed by atoms with Crippen LogP contribution in [0.4, 0.5) is 14.9 Å². The molecule has 0 radical (unpaired) electrons. The summed E-state index contributed by atoms with van der Waals surface area (Å²) < 4.78 is 37.1. The topological polar surface area (TPSA) is 83.8 Å². The van der Waals surface area contributed by atoms with Gasteiger partial charge in [0.15, 0.2) is 11.5 Å². The number of nitrogens with one attached hydrogen (secondary N) is 1. The normalized spacial score (nSPS) is 15.4. The number of hydrogen-bond acceptors (Lipinski definition) is 6. The van der Waals surface area contributed by atoms with Gasteiger partial charge in [-0.3, -0.25) is 10.00 Å². The maximum Gasteiger partial charge on any atom is 0.411 e. The molecule has 3 aromatic rings. The van der Waals surface area contributed by atoms with Gasteiger partial charge in [-0.05, 0) is 42.5 Å². The average molecular weight is 441 g/mol. The standard InChI is InChI=1S/C23H24FN3O5/c1-29-21-6-5-16(13-22(21)32-19-8-11-30-15-19)20-7-9-25-27(20)10-12-31-23(28)26-18-4-2-3-17(24)14-18/h2-7,9,13-14,19H,8,10-12,15H2,1H3,(H,26,28). The number of halogens is 1. The van der Waals surface area contributed by atoms with Gasteiger partial charge in [0.1, 0.15) is 18.5 Å². The van der Waals surface area contributed by atoms with Crippen molar-refractivity contribution in [3.63, 3.8) is 0 Å². The summed E-state index contributed by atoms with van der Waals surface area (Å²) >= 11 is 0. The Kier molecular flexibility index (Phi) is 6.86. The molecule has 1 amide bonds. The van der Waals surface area contributed by atoms with Crippen molar-refractivity contribution in [1.29, 1.82) is 0 Å². The highest BCUT2D eigenvalue weighted by molar-refractivity contribution is 5.84. The molecule has 1 aromatic heterocycles. The molecule has 0 spiro atoms. The van der Waals surface area contributed by atoms with Crippen LogP contribution in [0.25, 0.3) is 11.3 Å². The molecule has 1 saturated heterocycles. The Morgan fingerprint density at radius 1 is 1.25 bits per heavy atom. The fourth-order valence-corrected chi connectivity index (χ4v) is 3.41. The third-order valence-electron chi connectivity index (χ3n) is 4.96. The first-order valence-corrected chi connectivity index (χ1v) is 10.3. The molecule has 1 atom stereocenters. The molecule has 1 aliphatic rings. The predicted molar refractivity (Wildman–Crippen MR) is 115 cm³/mol. The molecule has 2 aromatic carbocycles. The Bertz CT molecular complexity index is 1070. The molecular weight excluding hydrogens is 417 g/mol. The minimum atomic E-state index is -0.664. The van der Waals surface area contributed by atoms with Crippen molar-refractivity contribution in [1.82, 2.24) is 9.78 Å². The number of aromatic nitrogens is 2. The number of methoxy groups -OCH3 is 1. The van der Waals surface area contributed by atoms with Crippen molar-refractivity contribution in [2.75, 3.05) is 32.2 Å². The van der Waals surface area contributed by atoms with Crippen LogP contribution < -0.4 is 14.8 Å². The van der Waals surface area contributed by atoms with E-state index in [1.54, 1.807) is 24.1 Å². The van der Waals surface area contributed by atoms with Crippen molar-refractivity contribution in [2.45, 2.75) is 19.1 Å². The number of ether oxygens (including phenoxy) is 4. The van der Waals surface area contributed by atoms with Crippen molar-refractivity contribution in [3.8, 4) is 22.8 Å². The van der Waals surface area contributed by atoms with Crippen molar-refractivity contribution in [2.24, 2.45) is 0 Å². The van der Waals surface area contributed by atoms with Crippen LogP contribution in [-0.2, 0) is 16.0 Å². The molecule has 1 N–H and O–H groups in total. The first-order chi connectivity index (χ1) is 15.6. The van der Waals surface area contributed by atoms with E-state index in [1.807, 2.05) is 24.3 Å². The second-order valence-corrected chi connectivity index (χ2v) is 7.18. The quantitative estimate of drug-likeness (QED) is 0.566. The highest BCUT2D eigenvalue weighted by Crippen LogP contribution is 2.34. The number of anilines is 1. The Morgan fingerprint density at radius 3 is 2.94 bits per heavy atom. The fraction of sp³-hybridized carbons (Fsp3) is 0.304. The van der Waals surface area contributed by atoms with E-state index >= 15 is 0 Å². The number of benzene rings is 2. The molecule has 1 fully saturated rings. The second-order valence-electron chi connectivity index (χ2n) is 7.18. The first-order valence-electron chi connectivity index (χ1n) is 10.3. The van der Waals surface area contributed by atoms with Crippen LogP contribution in [0.1, 0.15) is 6.42 Å². The van der Waals surface area contributed by atoms with Gasteiger partial charge in [-0.25, -0.2) is 9.18 Å². The molecule has 0 bridgehead atoms. The van der Waals surface area contributed by atoms with E-state index in [0.717, 1.165) is 17.7 Å². The Labute approximate surface area is 184 Å². The molecule has 0 aliphatic carbocycles. The summed E-state index contributed by atoms with van der Waals surface area (Å²) in [7, 11) is 1.60. The zero-order valence-electron chi connectivity index (χ0n) is 17.6. The molecule has 168 valence electrons. The summed E-state index contributed by atoms with van der Waals surface area (Å²) in [5, 5.41) is 6.82. The Balaban J connectivity index is 1.39. The number of nitrogens with zero attached hydrogens (tertiary/aromatic N) is 2. The molecular formula is C23H24FN3O5. The van der Waals surface area contributed by atoms with Crippen LogP contribution in [0.15, 0.2) is 54.7 Å². The SMILES string of the molecule is COc1ccc(-c2ccnn2CCOC(=O)Nc2cccc(F)c2)cc1OC1CCOC1. The van der Waals surface area contributed by atoms with Crippen LogP contribution in [-0.4, -0.2) is 48.9 Å². The van der Waals surface area contributed by atoms with E-state index in [1.165, 1.54) is 18.2 Å². The molecule has 0 saturated carbocycles. The Morgan fingerprint density at radius 2 is 2.16 bits per heavy atom. The number of hydrogen-bond donors (Lipinski definition) is 1. The number of rotatable bonds is 8. The maximum absolute atomic E-state index is 13.2. The van der Waals surface area contributed by atoms with Crippen LogP contribution in [0, 0.1) is 5.82 Å². The average Bonchev–Trinajstić information content (AvgIpc) is 3.46. The molecule has 1 unspecified atom stereocenters. The predicted octanol–water partition coefficient (Wildman–Crippen LogP) is 4.11. The van der Waals surface area contributed by atoms with Crippen LogP contribution in [0.3, 0.4) is 0 Å². The summed E-state index contributed by atoms with van der Waals surface area (Å²) in [6.07, 6.45) is 1.84. The fourth-order valence-electron chi connectivity index (χ4n) is 3.41. The van der Waals surface area contributed by atoms with E-state index in [-0.39, 0.29) is 12.7 Å². The van der Waals surface area contributed by atoms with Gasteiger partial charge in [0, 0.05) is 23.9 Å². The van der Waals surface area contributed by atoms with Crippen LogP contribution in [0.5, 0.6) is 11.5 Å². The van der Waals surface area contributed by atoms with Crippen molar-refractivity contribution in [3.05, 3.63) is 60.5 Å². The lowest BCUT2D eigenvalue weighted by Gasteiger charge is -2.16. The van der Waals surface area contributed by atoms with Gasteiger partial charge in [-0.1, -0.05) is 6.07 Å². The monoisotopic (exact) mass is 441 g/mol. The smallest absolute Gasteiger partial charge is 0.411 e. The molecule has 1 aliphatic heterocycles. The molecule has 4 rings (SSSR count). The van der Waals surface area contributed by atoms with Gasteiger partial charge in [-0.2, -0.15) is 5.10 Å². The number of carbonyl (C=O) groups is 1. The van der Waals surface area contributed by atoms with Gasteiger partial charge in [0.25, 0.3) is 0 Å². The van der Waals surface area contributed by atoms with Gasteiger partial charge >= 0.3 is 6.09 Å². The van der Waals surface area contributed by atoms with Crippen LogP contribution >= 0.6 is 0 Å². The molecule has 32 heavy (non-hydrogen) atoms. The second kappa shape index (κ2) is 10.1. The van der Waals surface area contributed by atoms with Crippen molar-refractivity contribution < 1.29 is 28.1 Å². The van der Waals surface area contributed by atoms with E-state index in [9.17, 15) is 9.18 Å². The number of amides is 1. The zero-order chi connectivity index (χ0) is 22.3. The summed E-state index contributed by atoms with van der Waals surface area (Å²) in [5.41, 5.74) is 2.06. The van der Waals surface area contributed by atoms with Gasteiger partial charge in [0.2, 0.25) is 0 Å². The number of carbonyl (C=O) groups excluding carboxylic acids is 1.